The van der Waals surface area contributed by atoms with Crippen LogP contribution in [0.3, 0.4) is 0 Å². The second-order valence-electron chi connectivity index (χ2n) is 5.88. The molecule has 0 radical (unpaired) electrons. The molecule has 0 spiro atoms. The fourth-order valence-corrected chi connectivity index (χ4v) is 2.74. The van der Waals surface area contributed by atoms with Crippen molar-refractivity contribution in [1.82, 2.24) is 10.1 Å². The van der Waals surface area contributed by atoms with Crippen molar-refractivity contribution in [2.45, 2.75) is 44.6 Å². The highest BCUT2D eigenvalue weighted by Gasteiger charge is 2.31. The summed E-state index contributed by atoms with van der Waals surface area (Å²) in [5, 5.41) is 3.92. The maximum Gasteiger partial charge on any atom is 0.276 e. The van der Waals surface area contributed by atoms with Gasteiger partial charge in [0.25, 0.3) is 5.91 Å². The molecule has 1 unspecified atom stereocenters. The molecule has 2 fully saturated rings. The fraction of sp³-hybridized carbons (Fsp3) is 0.714. The molecule has 2 heterocycles. The molecule has 1 aromatic heterocycles. The van der Waals surface area contributed by atoms with Crippen molar-refractivity contribution >= 4 is 5.91 Å². The SMILES string of the molecule is CC(N)C1CCN(C(=O)c2cc(C3CC3)on2)CC1. The molecular weight excluding hydrogens is 242 g/mol. The summed E-state index contributed by atoms with van der Waals surface area (Å²) in [6, 6.07) is 2.03. The highest BCUT2D eigenvalue weighted by Crippen LogP contribution is 2.40. The molecule has 1 aromatic rings. The summed E-state index contributed by atoms with van der Waals surface area (Å²) >= 11 is 0. The summed E-state index contributed by atoms with van der Waals surface area (Å²) in [6.45, 7) is 3.59. The molecule has 1 saturated heterocycles. The van der Waals surface area contributed by atoms with Gasteiger partial charge in [0, 0.05) is 31.1 Å². The first-order chi connectivity index (χ1) is 9.15. The van der Waals surface area contributed by atoms with Crippen LogP contribution < -0.4 is 5.73 Å². The molecule has 5 heteroatoms. The van der Waals surface area contributed by atoms with Gasteiger partial charge in [-0.3, -0.25) is 4.79 Å². The Morgan fingerprint density at radius 1 is 1.42 bits per heavy atom. The predicted octanol–water partition coefficient (Wildman–Crippen LogP) is 1.75. The number of nitrogens with two attached hydrogens (primary N) is 1. The molecule has 2 N–H and O–H groups in total. The molecule has 2 aliphatic rings. The van der Waals surface area contributed by atoms with Crippen LogP contribution in [0.2, 0.25) is 0 Å². The van der Waals surface area contributed by atoms with E-state index in [9.17, 15) is 4.79 Å². The zero-order valence-corrected chi connectivity index (χ0v) is 11.3. The summed E-state index contributed by atoms with van der Waals surface area (Å²) < 4.78 is 5.24. The molecule has 1 aliphatic heterocycles. The lowest BCUT2D eigenvalue weighted by atomic mass is 9.91. The molecule has 1 saturated carbocycles. The minimum atomic E-state index is -0.00113. The second kappa shape index (κ2) is 4.96. The van der Waals surface area contributed by atoms with Crippen molar-refractivity contribution in [3.05, 3.63) is 17.5 Å². The lowest BCUT2D eigenvalue weighted by Crippen LogP contribution is -2.42. The van der Waals surface area contributed by atoms with Gasteiger partial charge in [0.15, 0.2) is 5.69 Å². The van der Waals surface area contributed by atoms with E-state index in [1.54, 1.807) is 0 Å². The molecular formula is C14H21N3O2. The van der Waals surface area contributed by atoms with Gasteiger partial charge >= 0.3 is 0 Å². The van der Waals surface area contributed by atoms with E-state index in [4.69, 9.17) is 10.3 Å². The van der Waals surface area contributed by atoms with Crippen LogP contribution in [0.5, 0.6) is 0 Å². The Bertz CT molecular complexity index is 457. The van der Waals surface area contributed by atoms with Gasteiger partial charge in [-0.15, -0.1) is 0 Å². The number of carbonyl (C=O) groups is 1. The van der Waals surface area contributed by atoms with E-state index in [-0.39, 0.29) is 11.9 Å². The van der Waals surface area contributed by atoms with Crippen molar-refractivity contribution < 1.29 is 9.32 Å². The Balaban J connectivity index is 1.61. The summed E-state index contributed by atoms with van der Waals surface area (Å²) in [5.74, 6) is 1.90. The number of aromatic nitrogens is 1. The van der Waals surface area contributed by atoms with E-state index in [0.29, 0.717) is 17.5 Å². The van der Waals surface area contributed by atoms with Gasteiger partial charge in [0.1, 0.15) is 5.76 Å². The first-order valence-electron chi connectivity index (χ1n) is 7.16. The number of likely N-dealkylation sites (tertiary alicyclic amines) is 1. The topological polar surface area (TPSA) is 72.4 Å². The molecule has 19 heavy (non-hydrogen) atoms. The third-order valence-electron chi connectivity index (χ3n) is 4.30. The van der Waals surface area contributed by atoms with Crippen molar-refractivity contribution in [1.29, 1.82) is 0 Å². The molecule has 104 valence electrons. The third kappa shape index (κ3) is 2.66. The normalized spacial score (nSPS) is 22.5. The van der Waals surface area contributed by atoms with Gasteiger partial charge in [0.2, 0.25) is 0 Å². The minimum Gasteiger partial charge on any atom is -0.360 e. The fourth-order valence-electron chi connectivity index (χ4n) is 2.74. The summed E-state index contributed by atoms with van der Waals surface area (Å²) in [7, 11) is 0. The van der Waals surface area contributed by atoms with Crippen molar-refractivity contribution in [3.63, 3.8) is 0 Å². The van der Waals surface area contributed by atoms with Crippen LogP contribution in [0.1, 0.15) is 54.8 Å². The van der Waals surface area contributed by atoms with Crippen molar-refractivity contribution in [2.24, 2.45) is 11.7 Å². The molecule has 5 nitrogen and oxygen atoms in total. The monoisotopic (exact) mass is 263 g/mol. The molecule has 3 rings (SSSR count). The number of nitrogens with zero attached hydrogens (tertiary/aromatic N) is 2. The molecule has 1 amide bonds. The lowest BCUT2D eigenvalue weighted by Gasteiger charge is -2.33. The largest absolute Gasteiger partial charge is 0.360 e. The Morgan fingerprint density at radius 2 is 2.11 bits per heavy atom. The van der Waals surface area contributed by atoms with Crippen LogP contribution in [0.25, 0.3) is 0 Å². The first-order valence-corrected chi connectivity index (χ1v) is 7.16. The van der Waals surface area contributed by atoms with E-state index in [0.717, 1.165) is 44.5 Å². The highest BCUT2D eigenvalue weighted by molar-refractivity contribution is 5.92. The zero-order chi connectivity index (χ0) is 13.4. The smallest absolute Gasteiger partial charge is 0.276 e. The van der Waals surface area contributed by atoms with Gasteiger partial charge < -0.3 is 15.2 Å². The number of piperidine rings is 1. The van der Waals surface area contributed by atoms with Gasteiger partial charge in [0.05, 0.1) is 0 Å². The summed E-state index contributed by atoms with van der Waals surface area (Å²) in [4.78, 5) is 14.2. The average molecular weight is 263 g/mol. The van der Waals surface area contributed by atoms with Gasteiger partial charge in [-0.2, -0.15) is 0 Å². The number of rotatable bonds is 3. The van der Waals surface area contributed by atoms with Crippen molar-refractivity contribution in [3.8, 4) is 0 Å². The van der Waals surface area contributed by atoms with E-state index in [1.165, 1.54) is 0 Å². The molecule has 0 aromatic carbocycles. The Morgan fingerprint density at radius 3 is 2.68 bits per heavy atom. The number of amides is 1. The standard InChI is InChI=1S/C14H21N3O2/c1-9(15)10-4-6-17(7-5-10)14(18)12-8-13(19-16-12)11-2-3-11/h8-11H,2-7,15H2,1H3. The van der Waals surface area contributed by atoms with Crippen LogP contribution in [-0.4, -0.2) is 35.1 Å². The van der Waals surface area contributed by atoms with Crippen LogP contribution in [0.15, 0.2) is 10.6 Å². The first kappa shape index (κ1) is 12.7. The van der Waals surface area contributed by atoms with Crippen LogP contribution >= 0.6 is 0 Å². The number of hydrogen-bond donors (Lipinski definition) is 1. The Kier molecular flexibility index (Phi) is 3.31. The quantitative estimate of drug-likeness (QED) is 0.901. The maximum absolute atomic E-state index is 12.3. The Hall–Kier alpha value is -1.36. The van der Waals surface area contributed by atoms with Crippen LogP contribution in [0, 0.1) is 5.92 Å². The van der Waals surface area contributed by atoms with Crippen LogP contribution in [-0.2, 0) is 0 Å². The molecule has 1 aliphatic carbocycles. The summed E-state index contributed by atoms with van der Waals surface area (Å²) in [5.41, 5.74) is 6.37. The highest BCUT2D eigenvalue weighted by atomic mass is 16.5. The van der Waals surface area contributed by atoms with E-state index >= 15 is 0 Å². The van der Waals surface area contributed by atoms with Gasteiger partial charge in [-0.1, -0.05) is 5.16 Å². The van der Waals surface area contributed by atoms with Crippen molar-refractivity contribution in [2.75, 3.05) is 13.1 Å². The molecule has 0 bridgehead atoms. The van der Waals surface area contributed by atoms with E-state index < -0.39 is 0 Å². The average Bonchev–Trinajstić information content (AvgIpc) is 3.16. The second-order valence-corrected chi connectivity index (χ2v) is 5.88. The van der Waals surface area contributed by atoms with E-state index in [2.05, 4.69) is 5.16 Å². The van der Waals surface area contributed by atoms with E-state index in [1.807, 2.05) is 17.9 Å². The third-order valence-corrected chi connectivity index (χ3v) is 4.30. The zero-order valence-electron chi connectivity index (χ0n) is 11.3. The molecule has 1 atom stereocenters. The minimum absolute atomic E-state index is 0.00113. The predicted molar refractivity (Wildman–Crippen MR) is 70.8 cm³/mol. The summed E-state index contributed by atoms with van der Waals surface area (Å²) in [6.07, 6.45) is 4.28. The Labute approximate surface area is 113 Å². The van der Waals surface area contributed by atoms with Gasteiger partial charge in [-0.05, 0) is 38.5 Å². The maximum atomic E-state index is 12.3. The lowest BCUT2D eigenvalue weighted by molar-refractivity contribution is 0.0670. The number of carbonyl (C=O) groups excluding carboxylic acids is 1. The number of hydrogen-bond acceptors (Lipinski definition) is 4. The van der Waals surface area contributed by atoms with Crippen LogP contribution in [0.4, 0.5) is 0 Å². The van der Waals surface area contributed by atoms with Gasteiger partial charge in [-0.25, -0.2) is 0 Å².